The number of hydrogen-bond donors (Lipinski definition) is 2. The van der Waals surface area contributed by atoms with E-state index in [-0.39, 0.29) is 0 Å². The van der Waals surface area contributed by atoms with Gasteiger partial charge in [0, 0.05) is 1.34 Å². The van der Waals surface area contributed by atoms with Gasteiger partial charge >= 0.3 is 7.58 Å². The molecular weight excluding hydrogens is 92.8 g/mol. The number of carbonyl (C=O) groups excluding carboxylic acids is 1. The summed E-state index contributed by atoms with van der Waals surface area (Å²) < 4.78 is 6.39. The van der Waals surface area contributed by atoms with Crippen LogP contribution in [0.4, 0.5) is 0 Å². The van der Waals surface area contributed by atoms with Crippen molar-refractivity contribution >= 4 is 13.5 Å². The van der Waals surface area contributed by atoms with Gasteiger partial charge in [-0.25, -0.2) is 0 Å². The van der Waals surface area contributed by atoms with E-state index >= 15 is 0 Å². The summed E-state index contributed by atoms with van der Waals surface area (Å²) in [4.78, 5) is 10.1. The highest BCUT2D eigenvalue weighted by Gasteiger charge is 1.87. The molecule has 0 radical (unpaired) electrons. The molecule has 0 fully saturated rings. The monoisotopic (exact) mass is 100 g/mol. The molecule has 1 amide bonds. The first-order chi connectivity index (χ1) is 3.66. The Hall–Kier alpha value is -0.765. The Morgan fingerprint density at radius 2 is 2.86 bits per heavy atom. The summed E-state index contributed by atoms with van der Waals surface area (Å²) in [6.45, 7) is 3.11. The van der Waals surface area contributed by atoms with E-state index in [1.165, 1.54) is 0 Å². The van der Waals surface area contributed by atoms with Gasteiger partial charge in [0.05, 0.1) is 0 Å². The van der Waals surface area contributed by atoms with Crippen LogP contribution < -0.4 is 5.23 Å². The average molecular weight is 99.9 g/mol. The van der Waals surface area contributed by atoms with Gasteiger partial charge in [0.25, 0.3) is 0 Å². The lowest BCUT2D eigenvalue weighted by Crippen LogP contribution is -2.24. The van der Waals surface area contributed by atoms with Crippen LogP contribution in [0, 0.1) is 0 Å². The summed E-state index contributed by atoms with van der Waals surface area (Å²) in [7, 11) is -1.54. The summed E-state index contributed by atoms with van der Waals surface area (Å²) in [5.41, 5.74) is 0. The fourth-order valence-electron chi connectivity index (χ4n) is 0.123. The van der Waals surface area contributed by atoms with Gasteiger partial charge in [-0.3, -0.25) is 4.79 Å². The lowest BCUT2D eigenvalue weighted by atomic mass is 10.3. The van der Waals surface area contributed by atoms with Gasteiger partial charge in [-0.2, -0.15) is 0 Å². The molecule has 0 rings (SSSR count). The van der Waals surface area contributed by atoms with E-state index < -0.39 is 13.5 Å². The molecule has 0 bridgehead atoms. The molecule has 2 N–H and O–H groups in total. The molecule has 0 saturated carbocycles. The molecule has 4 heteroatoms. The smallest absolute Gasteiger partial charge is 0.393 e. The maximum absolute atomic E-state index is 10.1. The lowest BCUT2D eigenvalue weighted by molar-refractivity contribution is -0.115. The van der Waals surface area contributed by atoms with E-state index in [1.807, 2.05) is 5.23 Å². The van der Waals surface area contributed by atoms with Crippen LogP contribution >= 0.6 is 0 Å². The first kappa shape index (κ1) is 4.40. The van der Waals surface area contributed by atoms with Gasteiger partial charge in [-0.05, 0) is 6.08 Å². The van der Waals surface area contributed by atoms with Gasteiger partial charge in [0.15, 0.2) is 0 Å². The Balaban J connectivity index is 3.39. The zero-order valence-electron chi connectivity index (χ0n) is 4.72. The van der Waals surface area contributed by atoms with Crippen LogP contribution in [0.5, 0.6) is 0 Å². The quantitative estimate of drug-likeness (QED) is 0.329. The van der Waals surface area contributed by atoms with Gasteiger partial charge in [0.2, 0.25) is 5.91 Å². The Kier molecular flexibility index (Phi) is 2.15. The van der Waals surface area contributed by atoms with Crippen LogP contribution in [-0.2, 0) is 4.79 Å². The molecule has 7 heavy (non-hydrogen) atoms. The molecule has 0 aromatic carbocycles. The second kappa shape index (κ2) is 3.43. The fraction of sp³-hybridized carbons (Fsp3) is 0. The second-order valence-electron chi connectivity index (χ2n) is 0.842. The zero-order chi connectivity index (χ0) is 6.57. The van der Waals surface area contributed by atoms with Crippen molar-refractivity contribution in [2.45, 2.75) is 0 Å². The molecule has 0 unspecified atom stereocenters. The van der Waals surface area contributed by atoms with Gasteiger partial charge in [0.1, 0.15) is 0 Å². The molecule has 3 nitrogen and oxygen atoms in total. The molecule has 0 aliphatic heterocycles. The summed E-state index contributed by atoms with van der Waals surface area (Å²) in [5, 5.41) is 10.00. The molecular formula is C3H6BNO2. The number of carbonyl (C=O) groups is 1. The van der Waals surface area contributed by atoms with Crippen LogP contribution in [0.25, 0.3) is 0 Å². The van der Waals surface area contributed by atoms with Gasteiger partial charge < -0.3 is 10.3 Å². The number of rotatable bonds is 2. The van der Waals surface area contributed by atoms with E-state index in [4.69, 9.17) is 6.36 Å². The van der Waals surface area contributed by atoms with Crippen molar-refractivity contribution in [1.29, 1.82) is 1.34 Å². The topological polar surface area (TPSA) is 49.3 Å². The third kappa shape index (κ3) is 3.05. The van der Waals surface area contributed by atoms with Gasteiger partial charge in [-0.15, -0.1) is 0 Å². The Bertz CT molecular complexity index is 105. The highest BCUT2D eigenvalue weighted by molar-refractivity contribution is 6.29. The van der Waals surface area contributed by atoms with Crippen LogP contribution in [0.15, 0.2) is 12.7 Å². The molecule has 0 heterocycles. The van der Waals surface area contributed by atoms with Crippen molar-refractivity contribution in [3.05, 3.63) is 12.7 Å². The van der Waals surface area contributed by atoms with Crippen molar-refractivity contribution in [2.75, 3.05) is 0 Å². The first-order valence-electron chi connectivity index (χ1n) is 2.28. The van der Waals surface area contributed by atoms with Crippen molar-refractivity contribution in [3.8, 4) is 0 Å². The zero-order valence-corrected chi connectivity index (χ0v) is 3.72. The van der Waals surface area contributed by atoms with E-state index in [9.17, 15) is 4.79 Å². The van der Waals surface area contributed by atoms with Crippen LogP contribution in [0.3, 0.4) is 0 Å². The molecule has 0 spiro atoms. The fourth-order valence-corrected chi connectivity index (χ4v) is 0.123. The minimum absolute atomic E-state index is 0.549. The van der Waals surface area contributed by atoms with E-state index in [0.717, 1.165) is 6.08 Å². The summed E-state index contributed by atoms with van der Waals surface area (Å²) in [5.74, 6) is -0.549. The van der Waals surface area contributed by atoms with Crippen LogP contribution in [0.2, 0.25) is 0 Å². The van der Waals surface area contributed by atoms with E-state index in [2.05, 4.69) is 6.58 Å². The lowest BCUT2D eigenvalue weighted by Gasteiger charge is -1.87. The predicted molar refractivity (Wildman–Crippen MR) is 27.7 cm³/mol. The van der Waals surface area contributed by atoms with Crippen molar-refractivity contribution in [3.63, 3.8) is 0 Å². The third-order valence-electron chi connectivity index (χ3n) is 0.392. The number of amides is 1. The van der Waals surface area contributed by atoms with E-state index in [0.29, 0.717) is 0 Å². The van der Waals surface area contributed by atoms with Gasteiger partial charge in [-0.1, -0.05) is 6.58 Å². The Morgan fingerprint density at radius 1 is 2.29 bits per heavy atom. The molecule has 38 valence electrons. The summed E-state index contributed by atoms with van der Waals surface area (Å²) in [6.07, 6.45) is 0.984. The first-order valence-corrected chi connectivity index (χ1v) is 1.70. The Morgan fingerprint density at radius 3 is 3.00 bits per heavy atom. The number of hydrogen-bond acceptors (Lipinski definition) is 2. The largest absolute Gasteiger partial charge is 0.435 e. The summed E-state index contributed by atoms with van der Waals surface area (Å²) in [6, 6.07) is 0. The van der Waals surface area contributed by atoms with Crippen LogP contribution in [-0.4, -0.2) is 19.8 Å². The molecule has 0 saturated heterocycles. The maximum atomic E-state index is 10.1. The number of nitrogens with one attached hydrogen (secondary N) is 1. The molecule has 0 aliphatic carbocycles. The van der Waals surface area contributed by atoms with Crippen molar-refractivity contribution < 1.29 is 9.82 Å². The predicted octanol–water partition coefficient (Wildman–Crippen LogP) is -1.45. The van der Waals surface area contributed by atoms with Crippen molar-refractivity contribution in [1.82, 2.24) is 5.23 Å². The highest BCUT2D eigenvalue weighted by atomic mass is 16.2. The highest BCUT2D eigenvalue weighted by Crippen LogP contribution is 1.58. The second-order valence-corrected chi connectivity index (χ2v) is 0.842. The third-order valence-corrected chi connectivity index (χ3v) is 0.392. The minimum atomic E-state index is -1.54. The SMILES string of the molecule is [2H]B(O)NC(=O)C=C. The summed E-state index contributed by atoms with van der Waals surface area (Å²) >= 11 is 0. The van der Waals surface area contributed by atoms with Crippen molar-refractivity contribution in [2.24, 2.45) is 0 Å². The standard InChI is InChI=1S/C3H6BNO2/c1-2-3(6)5-4-7/h2,4,7H,1H2,(H,5,6)/i4D. The maximum Gasteiger partial charge on any atom is 0.393 e. The Labute approximate surface area is 43.7 Å². The average Bonchev–Trinajstić information content (AvgIpc) is 1.65. The molecule has 0 aliphatic rings. The van der Waals surface area contributed by atoms with E-state index in [1.54, 1.807) is 0 Å². The molecule has 0 aromatic rings. The van der Waals surface area contributed by atoms with Crippen LogP contribution in [0.1, 0.15) is 0 Å². The normalized spacial score (nSPS) is 9.00. The molecule has 0 atom stereocenters. The molecule has 0 aromatic heterocycles. The minimum Gasteiger partial charge on any atom is -0.435 e.